The van der Waals surface area contributed by atoms with Crippen molar-refractivity contribution in [1.82, 2.24) is 0 Å². The summed E-state index contributed by atoms with van der Waals surface area (Å²) < 4.78 is 0. The van der Waals surface area contributed by atoms with Gasteiger partial charge >= 0.3 is 0 Å². The highest BCUT2D eigenvalue weighted by atomic mass is 16.1. The number of carbonyl (C=O) groups excluding carboxylic acids is 1. The maximum absolute atomic E-state index is 11.5. The third-order valence-corrected chi connectivity index (χ3v) is 2.95. The van der Waals surface area contributed by atoms with Gasteiger partial charge in [0.2, 0.25) is 0 Å². The Hall–Kier alpha value is -1.11. The van der Waals surface area contributed by atoms with Gasteiger partial charge in [-0.1, -0.05) is 26.8 Å². The summed E-state index contributed by atoms with van der Waals surface area (Å²) >= 11 is 0. The Morgan fingerprint density at radius 3 is 1.80 bits per heavy atom. The van der Waals surface area contributed by atoms with Crippen molar-refractivity contribution < 1.29 is 4.79 Å². The molecule has 0 aromatic heterocycles. The molecule has 82 valence electrons. The van der Waals surface area contributed by atoms with E-state index in [9.17, 15) is 4.79 Å². The predicted octanol–water partition coefficient (Wildman–Crippen LogP) is 3.58. The highest BCUT2D eigenvalue weighted by Crippen LogP contribution is 2.19. The minimum atomic E-state index is 0.184. The van der Waals surface area contributed by atoms with Crippen LogP contribution < -0.4 is 0 Å². The molecule has 0 heterocycles. The van der Waals surface area contributed by atoms with Crippen molar-refractivity contribution in [2.45, 2.75) is 47.0 Å². The van der Waals surface area contributed by atoms with Gasteiger partial charge in [-0.05, 0) is 48.9 Å². The highest BCUT2D eigenvalue weighted by molar-refractivity contribution is 5.95. The molecule has 1 aromatic rings. The van der Waals surface area contributed by atoms with Crippen LogP contribution in [0.25, 0.3) is 0 Å². The molecule has 1 nitrogen and oxygen atoms in total. The van der Waals surface area contributed by atoms with Crippen LogP contribution in [0.15, 0.2) is 12.1 Å². The number of Topliss-reactive ketones (excluding diaryl/α,β-unsaturated/α-hetero) is 1. The fourth-order valence-corrected chi connectivity index (χ4v) is 2.02. The lowest BCUT2D eigenvalue weighted by Gasteiger charge is -2.12. The number of hydrogen-bond donors (Lipinski definition) is 0. The fourth-order valence-electron chi connectivity index (χ4n) is 2.02. The summed E-state index contributed by atoms with van der Waals surface area (Å²) in [6.07, 6.45) is 2.99. The smallest absolute Gasteiger partial charge is 0.160 e. The molecule has 0 amide bonds. The summed E-state index contributed by atoms with van der Waals surface area (Å²) in [6, 6.07) is 4.29. The zero-order valence-electron chi connectivity index (χ0n) is 10.2. The van der Waals surface area contributed by atoms with E-state index in [-0.39, 0.29) is 5.78 Å². The summed E-state index contributed by atoms with van der Waals surface area (Å²) in [5.41, 5.74) is 4.81. The number of ketones is 1. The molecule has 0 aliphatic rings. The Morgan fingerprint density at radius 2 is 1.40 bits per heavy atom. The van der Waals surface area contributed by atoms with Gasteiger partial charge in [0.15, 0.2) is 5.78 Å². The van der Waals surface area contributed by atoms with Crippen molar-refractivity contribution >= 4 is 5.78 Å². The Bertz CT molecular complexity index is 364. The van der Waals surface area contributed by atoms with E-state index in [0.717, 1.165) is 24.8 Å². The first-order valence-electron chi connectivity index (χ1n) is 5.79. The molecule has 1 aromatic carbocycles. The van der Waals surface area contributed by atoms with Crippen molar-refractivity contribution in [1.29, 1.82) is 0 Å². The standard InChI is InChI=1S/C14H20O/c1-5-11-8-13(7-3)14(10(4)15)9-12(11)6-2/h8-9H,5-7H2,1-4H3. The molecule has 1 heteroatoms. The largest absolute Gasteiger partial charge is 0.295 e. The van der Waals surface area contributed by atoms with E-state index in [1.807, 2.05) is 0 Å². The minimum absolute atomic E-state index is 0.184. The van der Waals surface area contributed by atoms with Crippen LogP contribution in [0.2, 0.25) is 0 Å². The van der Waals surface area contributed by atoms with Crippen molar-refractivity contribution in [3.05, 3.63) is 34.4 Å². The third-order valence-electron chi connectivity index (χ3n) is 2.95. The van der Waals surface area contributed by atoms with Crippen molar-refractivity contribution in [2.75, 3.05) is 0 Å². The molecule has 0 aliphatic carbocycles. The molecule has 0 saturated heterocycles. The van der Waals surface area contributed by atoms with Crippen LogP contribution in [0.3, 0.4) is 0 Å². The average Bonchev–Trinajstić information content (AvgIpc) is 2.26. The molecule has 0 radical (unpaired) electrons. The number of aryl methyl sites for hydroxylation is 3. The Labute approximate surface area is 92.5 Å². The second-order valence-corrected chi connectivity index (χ2v) is 3.89. The van der Waals surface area contributed by atoms with Crippen molar-refractivity contribution in [3.8, 4) is 0 Å². The van der Waals surface area contributed by atoms with Crippen LogP contribution in [0.4, 0.5) is 0 Å². The van der Waals surface area contributed by atoms with Crippen LogP contribution in [0, 0.1) is 0 Å². The molecule has 1 rings (SSSR count). The van der Waals surface area contributed by atoms with Crippen molar-refractivity contribution in [3.63, 3.8) is 0 Å². The third kappa shape index (κ3) is 2.47. The van der Waals surface area contributed by atoms with Crippen molar-refractivity contribution in [2.24, 2.45) is 0 Å². The highest BCUT2D eigenvalue weighted by Gasteiger charge is 2.09. The van der Waals surface area contributed by atoms with E-state index in [1.165, 1.54) is 16.7 Å². The Morgan fingerprint density at radius 1 is 0.933 bits per heavy atom. The molecular formula is C14H20O. The molecule has 0 unspecified atom stereocenters. The SMILES string of the molecule is CCc1cc(CC)c(C(C)=O)cc1CC. The molecular weight excluding hydrogens is 184 g/mol. The minimum Gasteiger partial charge on any atom is -0.295 e. The number of carbonyl (C=O) groups is 1. The number of rotatable bonds is 4. The second-order valence-electron chi connectivity index (χ2n) is 3.89. The molecule has 0 aliphatic heterocycles. The van der Waals surface area contributed by atoms with E-state index in [1.54, 1.807) is 6.92 Å². The molecule has 0 bridgehead atoms. The molecule has 15 heavy (non-hydrogen) atoms. The lowest BCUT2D eigenvalue weighted by atomic mass is 9.93. The topological polar surface area (TPSA) is 17.1 Å². The van der Waals surface area contributed by atoms with E-state index in [2.05, 4.69) is 32.9 Å². The molecule has 0 N–H and O–H groups in total. The Kier molecular flexibility index (Phi) is 4.07. The number of benzene rings is 1. The molecule has 0 saturated carbocycles. The zero-order valence-corrected chi connectivity index (χ0v) is 10.2. The first kappa shape index (κ1) is 12.0. The summed E-state index contributed by atoms with van der Waals surface area (Å²) in [7, 11) is 0. The van der Waals surface area contributed by atoms with Crippen LogP contribution in [-0.2, 0) is 19.3 Å². The van der Waals surface area contributed by atoms with Gasteiger partial charge in [-0.3, -0.25) is 4.79 Å². The van der Waals surface area contributed by atoms with Gasteiger partial charge in [-0.2, -0.15) is 0 Å². The maximum atomic E-state index is 11.5. The quantitative estimate of drug-likeness (QED) is 0.685. The van der Waals surface area contributed by atoms with E-state index in [4.69, 9.17) is 0 Å². The van der Waals surface area contributed by atoms with Crippen LogP contribution >= 0.6 is 0 Å². The van der Waals surface area contributed by atoms with Crippen LogP contribution in [0.5, 0.6) is 0 Å². The van der Waals surface area contributed by atoms with E-state index < -0.39 is 0 Å². The average molecular weight is 204 g/mol. The summed E-state index contributed by atoms with van der Waals surface area (Å²) in [5.74, 6) is 0.184. The normalized spacial score (nSPS) is 10.4. The van der Waals surface area contributed by atoms with Crippen LogP contribution in [-0.4, -0.2) is 5.78 Å². The van der Waals surface area contributed by atoms with E-state index in [0.29, 0.717) is 0 Å². The van der Waals surface area contributed by atoms with Crippen LogP contribution in [0.1, 0.15) is 54.7 Å². The van der Waals surface area contributed by atoms with Gasteiger partial charge < -0.3 is 0 Å². The molecule has 0 fully saturated rings. The second kappa shape index (κ2) is 5.11. The van der Waals surface area contributed by atoms with Gasteiger partial charge in [0.25, 0.3) is 0 Å². The van der Waals surface area contributed by atoms with Gasteiger partial charge in [-0.15, -0.1) is 0 Å². The monoisotopic (exact) mass is 204 g/mol. The van der Waals surface area contributed by atoms with Gasteiger partial charge in [-0.25, -0.2) is 0 Å². The fraction of sp³-hybridized carbons (Fsp3) is 0.500. The zero-order chi connectivity index (χ0) is 11.4. The summed E-state index contributed by atoms with van der Waals surface area (Å²) in [4.78, 5) is 11.5. The van der Waals surface area contributed by atoms with E-state index >= 15 is 0 Å². The van der Waals surface area contributed by atoms with Gasteiger partial charge in [0.05, 0.1) is 0 Å². The number of hydrogen-bond acceptors (Lipinski definition) is 1. The molecule has 0 atom stereocenters. The lowest BCUT2D eigenvalue weighted by Crippen LogP contribution is -2.03. The Balaban J connectivity index is 3.34. The summed E-state index contributed by atoms with van der Waals surface area (Å²) in [5, 5.41) is 0. The first-order chi connectivity index (χ1) is 7.13. The predicted molar refractivity (Wildman–Crippen MR) is 64.6 cm³/mol. The lowest BCUT2D eigenvalue weighted by molar-refractivity contribution is 0.101. The maximum Gasteiger partial charge on any atom is 0.160 e. The molecule has 0 spiro atoms. The summed E-state index contributed by atoms with van der Waals surface area (Å²) in [6.45, 7) is 8.07. The van der Waals surface area contributed by atoms with Gasteiger partial charge in [0.1, 0.15) is 0 Å². The van der Waals surface area contributed by atoms with Gasteiger partial charge in [0, 0.05) is 5.56 Å². The first-order valence-corrected chi connectivity index (χ1v) is 5.79.